The molecule has 3 aliphatic rings. The lowest BCUT2D eigenvalue weighted by Gasteiger charge is -2.40. The van der Waals surface area contributed by atoms with Crippen LogP contribution in [-0.2, 0) is 9.84 Å². The van der Waals surface area contributed by atoms with Gasteiger partial charge in [0.25, 0.3) is 0 Å². The molecule has 2 bridgehead atoms. The van der Waals surface area contributed by atoms with Crippen LogP contribution in [0.5, 0.6) is 5.75 Å². The Bertz CT molecular complexity index is 1080. The molecule has 2 aliphatic carbocycles. The highest BCUT2D eigenvalue weighted by molar-refractivity contribution is 7.92. The number of hydrogen-bond acceptors (Lipinski definition) is 4. The average Bonchev–Trinajstić information content (AvgIpc) is 3.48. The molecule has 33 heavy (non-hydrogen) atoms. The second kappa shape index (κ2) is 9.07. The summed E-state index contributed by atoms with van der Waals surface area (Å²) in [4.78, 5) is 3.17. The Kier molecular flexibility index (Phi) is 6.30. The van der Waals surface area contributed by atoms with Crippen molar-refractivity contribution in [3.8, 4) is 16.9 Å². The van der Waals surface area contributed by atoms with Crippen LogP contribution < -0.4 is 4.74 Å². The summed E-state index contributed by atoms with van der Waals surface area (Å²) in [7, 11) is -1.49. The highest BCUT2D eigenvalue weighted by atomic mass is 32.2. The van der Waals surface area contributed by atoms with Crippen LogP contribution in [0, 0.1) is 11.8 Å². The number of benzene rings is 2. The molecule has 0 amide bonds. The van der Waals surface area contributed by atoms with E-state index in [1.54, 1.807) is 33.1 Å². The number of fused-ring (bicyclic) bond motifs is 2. The van der Waals surface area contributed by atoms with E-state index in [4.69, 9.17) is 4.74 Å². The summed E-state index contributed by atoms with van der Waals surface area (Å²) in [5, 5.41) is -0.416. The van der Waals surface area contributed by atoms with Gasteiger partial charge in [0, 0.05) is 6.04 Å². The number of rotatable bonds is 6. The first-order valence-corrected chi connectivity index (χ1v) is 14.2. The van der Waals surface area contributed by atoms with Crippen LogP contribution in [0.15, 0.2) is 47.4 Å². The minimum atomic E-state index is -3.25. The first kappa shape index (κ1) is 22.9. The fourth-order valence-electron chi connectivity index (χ4n) is 6.54. The molecule has 0 N–H and O–H groups in total. The van der Waals surface area contributed by atoms with Crippen LogP contribution in [0.25, 0.3) is 11.1 Å². The quantitative estimate of drug-likeness (QED) is 0.530. The SMILES string of the molecule is COc1ccc(-c2ccc(S(=O)(=O)C(C)C)cc2)cc1C1CCN([C@H]2C[C@H]3CCC2C3)CC1. The summed E-state index contributed by atoms with van der Waals surface area (Å²) in [6.07, 6.45) is 8.17. The van der Waals surface area contributed by atoms with E-state index < -0.39 is 15.1 Å². The predicted octanol–water partition coefficient (Wildman–Crippen LogP) is 5.91. The van der Waals surface area contributed by atoms with Crippen molar-refractivity contribution in [3.05, 3.63) is 48.0 Å². The van der Waals surface area contributed by atoms with Gasteiger partial charge in [0.15, 0.2) is 9.84 Å². The Morgan fingerprint density at radius 3 is 2.18 bits per heavy atom. The molecule has 5 heteroatoms. The van der Waals surface area contributed by atoms with Gasteiger partial charge in [0.2, 0.25) is 0 Å². The zero-order valence-corrected chi connectivity index (χ0v) is 21.0. The Morgan fingerprint density at radius 2 is 1.61 bits per heavy atom. The molecule has 1 saturated heterocycles. The number of ether oxygens (including phenoxy) is 1. The number of nitrogens with zero attached hydrogens (tertiary/aromatic N) is 1. The van der Waals surface area contributed by atoms with Gasteiger partial charge in [-0.2, -0.15) is 0 Å². The third kappa shape index (κ3) is 4.35. The topological polar surface area (TPSA) is 46.6 Å². The molecule has 1 heterocycles. The van der Waals surface area contributed by atoms with E-state index in [-0.39, 0.29) is 0 Å². The van der Waals surface area contributed by atoms with E-state index in [9.17, 15) is 8.42 Å². The lowest BCUT2D eigenvalue weighted by Crippen LogP contribution is -2.43. The summed E-state index contributed by atoms with van der Waals surface area (Å²) in [5.41, 5.74) is 3.46. The van der Waals surface area contributed by atoms with Gasteiger partial charge in [-0.3, -0.25) is 0 Å². The van der Waals surface area contributed by atoms with Crippen LogP contribution >= 0.6 is 0 Å². The Hall–Kier alpha value is -1.85. The summed E-state index contributed by atoms with van der Waals surface area (Å²) >= 11 is 0. The van der Waals surface area contributed by atoms with Crippen molar-refractivity contribution in [1.29, 1.82) is 0 Å². The Morgan fingerprint density at radius 1 is 0.909 bits per heavy atom. The summed E-state index contributed by atoms with van der Waals surface area (Å²) in [5.74, 6) is 3.43. The molecule has 5 rings (SSSR count). The smallest absolute Gasteiger partial charge is 0.180 e. The molecule has 3 fully saturated rings. The molecule has 2 aromatic carbocycles. The Labute approximate surface area is 199 Å². The van der Waals surface area contributed by atoms with Crippen LogP contribution in [0.4, 0.5) is 0 Å². The van der Waals surface area contributed by atoms with E-state index >= 15 is 0 Å². The lowest BCUT2D eigenvalue weighted by molar-refractivity contribution is 0.110. The van der Waals surface area contributed by atoms with Crippen LogP contribution in [0.1, 0.15) is 63.9 Å². The highest BCUT2D eigenvalue weighted by Crippen LogP contribution is 2.48. The molecule has 0 aromatic heterocycles. The second-order valence-corrected chi connectivity index (χ2v) is 13.1. The maximum atomic E-state index is 12.5. The van der Waals surface area contributed by atoms with Crippen molar-refractivity contribution in [2.75, 3.05) is 20.2 Å². The Balaban J connectivity index is 1.33. The van der Waals surface area contributed by atoms with Gasteiger partial charge in [-0.25, -0.2) is 8.42 Å². The standard InChI is InChI=1S/C28H37NO3S/c1-19(2)33(30,31)25-9-6-21(7-10-25)23-8-11-28(32-3)26(18-23)22-12-14-29(15-13-22)27-17-20-4-5-24(27)16-20/h6-11,18-20,22,24,27H,4-5,12-17H2,1-3H3/t20-,24?,27-/m0/s1. The van der Waals surface area contributed by atoms with E-state index in [1.807, 2.05) is 12.1 Å². The molecular weight excluding hydrogens is 430 g/mol. The maximum Gasteiger partial charge on any atom is 0.180 e. The largest absolute Gasteiger partial charge is 0.496 e. The minimum Gasteiger partial charge on any atom is -0.496 e. The van der Waals surface area contributed by atoms with E-state index in [0.717, 1.165) is 34.8 Å². The molecule has 1 aliphatic heterocycles. The predicted molar refractivity (Wildman–Crippen MR) is 134 cm³/mol. The molecule has 0 radical (unpaired) electrons. The fourth-order valence-corrected chi connectivity index (χ4v) is 7.60. The molecule has 178 valence electrons. The third-order valence-corrected chi connectivity index (χ3v) is 10.7. The van der Waals surface area contributed by atoms with Gasteiger partial charge in [-0.05, 0) is 118 Å². The normalized spacial score (nSPS) is 26.2. The van der Waals surface area contributed by atoms with Crippen LogP contribution in [-0.4, -0.2) is 44.8 Å². The molecule has 1 unspecified atom stereocenters. The molecule has 3 atom stereocenters. The number of likely N-dealkylation sites (tertiary alicyclic amines) is 1. The van der Waals surface area contributed by atoms with Gasteiger partial charge in [0.05, 0.1) is 17.3 Å². The average molecular weight is 468 g/mol. The molecule has 4 nitrogen and oxygen atoms in total. The van der Waals surface area contributed by atoms with Crippen molar-refractivity contribution in [1.82, 2.24) is 4.90 Å². The van der Waals surface area contributed by atoms with Gasteiger partial charge in [-0.15, -0.1) is 0 Å². The fraction of sp³-hybridized carbons (Fsp3) is 0.571. The number of sulfone groups is 1. The second-order valence-electron chi connectivity index (χ2n) is 10.6. The van der Waals surface area contributed by atoms with Gasteiger partial charge in [0.1, 0.15) is 5.75 Å². The number of methoxy groups -OCH3 is 1. The van der Waals surface area contributed by atoms with Crippen molar-refractivity contribution in [2.45, 2.75) is 74.5 Å². The van der Waals surface area contributed by atoms with E-state index in [0.29, 0.717) is 10.8 Å². The van der Waals surface area contributed by atoms with Crippen molar-refractivity contribution < 1.29 is 13.2 Å². The summed E-state index contributed by atoms with van der Waals surface area (Å²) in [6.45, 7) is 5.82. The first-order chi connectivity index (χ1) is 15.9. The van der Waals surface area contributed by atoms with E-state index in [1.165, 1.54) is 57.2 Å². The zero-order valence-electron chi connectivity index (χ0n) is 20.2. The van der Waals surface area contributed by atoms with Crippen molar-refractivity contribution in [2.24, 2.45) is 11.8 Å². The monoisotopic (exact) mass is 467 g/mol. The molecular formula is C28H37NO3S. The van der Waals surface area contributed by atoms with Crippen molar-refractivity contribution >= 4 is 9.84 Å². The van der Waals surface area contributed by atoms with Gasteiger partial charge < -0.3 is 9.64 Å². The molecule has 2 saturated carbocycles. The number of hydrogen-bond donors (Lipinski definition) is 0. The van der Waals surface area contributed by atoms with Gasteiger partial charge >= 0.3 is 0 Å². The van der Waals surface area contributed by atoms with Crippen LogP contribution in [0.2, 0.25) is 0 Å². The zero-order chi connectivity index (χ0) is 23.2. The van der Waals surface area contributed by atoms with E-state index in [2.05, 4.69) is 23.1 Å². The summed E-state index contributed by atoms with van der Waals surface area (Å²) in [6, 6.07) is 14.6. The third-order valence-electron chi connectivity index (χ3n) is 8.51. The van der Waals surface area contributed by atoms with Crippen LogP contribution in [0.3, 0.4) is 0 Å². The summed E-state index contributed by atoms with van der Waals surface area (Å²) < 4.78 is 30.7. The first-order valence-electron chi connectivity index (χ1n) is 12.6. The van der Waals surface area contributed by atoms with Gasteiger partial charge in [-0.1, -0.05) is 24.6 Å². The number of piperidine rings is 1. The lowest BCUT2D eigenvalue weighted by atomic mass is 9.85. The molecule has 2 aromatic rings. The minimum absolute atomic E-state index is 0.392. The highest BCUT2D eigenvalue weighted by Gasteiger charge is 2.43. The maximum absolute atomic E-state index is 12.5. The van der Waals surface area contributed by atoms with Crippen molar-refractivity contribution in [3.63, 3.8) is 0 Å². The molecule has 0 spiro atoms.